The number of benzene rings is 2. The van der Waals surface area contributed by atoms with E-state index >= 15 is 0 Å². The van der Waals surface area contributed by atoms with Crippen LogP contribution in [0.4, 0.5) is 5.13 Å². The molecule has 1 aromatic heterocycles. The van der Waals surface area contributed by atoms with Gasteiger partial charge < -0.3 is 28.7 Å². The number of amides is 1. The lowest BCUT2D eigenvalue weighted by atomic mass is 10.1. The van der Waals surface area contributed by atoms with Crippen LogP contribution in [-0.4, -0.2) is 69.4 Å². The van der Waals surface area contributed by atoms with Crippen LogP contribution in [0, 0.1) is 0 Å². The molecule has 1 fully saturated rings. The molecule has 162 valence electrons. The molecule has 0 saturated carbocycles. The van der Waals surface area contributed by atoms with Gasteiger partial charge in [-0.15, -0.1) is 0 Å². The molecule has 0 unspecified atom stereocenters. The summed E-state index contributed by atoms with van der Waals surface area (Å²) in [5.74, 6) is 2.84. The first-order valence-electron chi connectivity index (χ1n) is 10.1. The molecule has 0 bridgehead atoms. The Kier molecular flexibility index (Phi) is 5.19. The van der Waals surface area contributed by atoms with E-state index < -0.39 is 0 Å². The van der Waals surface area contributed by atoms with Crippen molar-refractivity contribution in [2.45, 2.75) is 0 Å². The Morgan fingerprint density at radius 2 is 1.68 bits per heavy atom. The molecule has 1 saturated heterocycles. The zero-order valence-corrected chi connectivity index (χ0v) is 18.2. The SMILES string of the molecule is COc1ccc(OC)c2sc(N3CCN(C(=O)c4ccc5c(c4)OCCO5)CC3)nc12. The first kappa shape index (κ1) is 19.7. The van der Waals surface area contributed by atoms with E-state index in [1.807, 2.05) is 17.0 Å². The van der Waals surface area contributed by atoms with Crippen molar-refractivity contribution in [2.75, 3.05) is 58.5 Å². The third kappa shape index (κ3) is 3.59. The van der Waals surface area contributed by atoms with Crippen LogP contribution in [0.2, 0.25) is 0 Å². The molecule has 0 radical (unpaired) electrons. The Morgan fingerprint density at radius 3 is 2.42 bits per heavy atom. The minimum absolute atomic E-state index is 0.00395. The molecule has 3 heterocycles. The molecule has 0 N–H and O–H groups in total. The molecular weight excluding hydrogens is 418 g/mol. The maximum atomic E-state index is 13.0. The number of ether oxygens (including phenoxy) is 4. The van der Waals surface area contributed by atoms with Crippen LogP contribution in [0.15, 0.2) is 30.3 Å². The van der Waals surface area contributed by atoms with Crippen LogP contribution in [-0.2, 0) is 0 Å². The average Bonchev–Trinajstić information content (AvgIpc) is 3.28. The monoisotopic (exact) mass is 441 g/mol. The quantitative estimate of drug-likeness (QED) is 0.616. The number of carbonyl (C=O) groups excluding carboxylic acids is 1. The largest absolute Gasteiger partial charge is 0.495 e. The number of piperazine rings is 1. The van der Waals surface area contributed by atoms with E-state index in [0.29, 0.717) is 56.5 Å². The van der Waals surface area contributed by atoms with Crippen molar-refractivity contribution in [2.24, 2.45) is 0 Å². The van der Waals surface area contributed by atoms with Gasteiger partial charge in [0.15, 0.2) is 16.6 Å². The van der Waals surface area contributed by atoms with Crippen molar-refractivity contribution < 1.29 is 23.7 Å². The second kappa shape index (κ2) is 8.14. The summed E-state index contributed by atoms with van der Waals surface area (Å²) in [4.78, 5) is 21.9. The van der Waals surface area contributed by atoms with Crippen LogP contribution in [0.5, 0.6) is 23.0 Å². The fourth-order valence-electron chi connectivity index (χ4n) is 3.87. The van der Waals surface area contributed by atoms with Gasteiger partial charge in [-0.25, -0.2) is 4.98 Å². The van der Waals surface area contributed by atoms with Gasteiger partial charge in [0.25, 0.3) is 5.91 Å². The van der Waals surface area contributed by atoms with E-state index in [1.54, 1.807) is 43.8 Å². The highest BCUT2D eigenvalue weighted by atomic mass is 32.1. The molecule has 31 heavy (non-hydrogen) atoms. The number of aromatic nitrogens is 1. The van der Waals surface area contributed by atoms with Crippen LogP contribution in [0.3, 0.4) is 0 Å². The number of fused-ring (bicyclic) bond motifs is 2. The Hall–Kier alpha value is -3.20. The molecule has 8 nitrogen and oxygen atoms in total. The second-order valence-corrected chi connectivity index (χ2v) is 8.26. The Morgan fingerprint density at radius 1 is 0.968 bits per heavy atom. The van der Waals surface area contributed by atoms with Crippen molar-refractivity contribution in [3.63, 3.8) is 0 Å². The molecule has 0 spiro atoms. The molecule has 0 atom stereocenters. The van der Waals surface area contributed by atoms with E-state index in [-0.39, 0.29) is 5.91 Å². The zero-order chi connectivity index (χ0) is 21.4. The van der Waals surface area contributed by atoms with Gasteiger partial charge in [0.2, 0.25) is 0 Å². The minimum Gasteiger partial charge on any atom is -0.495 e. The average molecular weight is 442 g/mol. The van der Waals surface area contributed by atoms with E-state index in [4.69, 9.17) is 23.9 Å². The third-order valence-electron chi connectivity index (χ3n) is 5.53. The number of thiazole rings is 1. The Labute approximate surface area is 183 Å². The maximum absolute atomic E-state index is 13.0. The summed E-state index contributed by atoms with van der Waals surface area (Å²) in [5.41, 5.74) is 1.42. The van der Waals surface area contributed by atoms with Gasteiger partial charge in [0.05, 0.1) is 14.2 Å². The van der Waals surface area contributed by atoms with Crippen molar-refractivity contribution >= 4 is 32.6 Å². The highest BCUT2D eigenvalue weighted by Crippen LogP contribution is 2.40. The molecule has 5 rings (SSSR count). The number of anilines is 1. The molecular formula is C22H23N3O5S. The summed E-state index contributed by atoms with van der Waals surface area (Å²) in [6, 6.07) is 9.14. The van der Waals surface area contributed by atoms with Gasteiger partial charge in [-0.05, 0) is 30.3 Å². The highest BCUT2D eigenvalue weighted by molar-refractivity contribution is 7.22. The lowest BCUT2D eigenvalue weighted by Gasteiger charge is -2.34. The zero-order valence-electron chi connectivity index (χ0n) is 17.4. The number of carbonyl (C=O) groups is 1. The normalized spacial score (nSPS) is 15.8. The topological polar surface area (TPSA) is 73.4 Å². The van der Waals surface area contributed by atoms with Gasteiger partial charge in [-0.1, -0.05) is 11.3 Å². The number of nitrogens with zero attached hydrogens (tertiary/aromatic N) is 3. The molecule has 9 heteroatoms. The van der Waals surface area contributed by atoms with E-state index in [0.717, 1.165) is 26.8 Å². The minimum atomic E-state index is 0.00395. The molecule has 3 aromatic rings. The Balaban J connectivity index is 1.31. The third-order valence-corrected chi connectivity index (χ3v) is 6.66. The first-order chi connectivity index (χ1) is 15.2. The van der Waals surface area contributed by atoms with Crippen LogP contribution in [0.1, 0.15) is 10.4 Å². The van der Waals surface area contributed by atoms with Gasteiger partial charge in [0.1, 0.15) is 34.9 Å². The van der Waals surface area contributed by atoms with E-state index in [1.165, 1.54) is 0 Å². The van der Waals surface area contributed by atoms with Crippen molar-refractivity contribution in [3.05, 3.63) is 35.9 Å². The summed E-state index contributed by atoms with van der Waals surface area (Å²) in [6.45, 7) is 3.70. The summed E-state index contributed by atoms with van der Waals surface area (Å²) >= 11 is 1.58. The van der Waals surface area contributed by atoms with E-state index in [9.17, 15) is 4.79 Å². The van der Waals surface area contributed by atoms with Gasteiger partial charge >= 0.3 is 0 Å². The molecule has 2 aromatic carbocycles. The summed E-state index contributed by atoms with van der Waals surface area (Å²) in [6.07, 6.45) is 0. The number of hydrogen-bond acceptors (Lipinski definition) is 8. The fraction of sp³-hybridized carbons (Fsp3) is 0.364. The van der Waals surface area contributed by atoms with Crippen LogP contribution < -0.4 is 23.8 Å². The molecule has 1 amide bonds. The number of methoxy groups -OCH3 is 2. The predicted molar refractivity (Wildman–Crippen MR) is 118 cm³/mol. The lowest BCUT2D eigenvalue weighted by Crippen LogP contribution is -2.48. The Bertz CT molecular complexity index is 1080. The van der Waals surface area contributed by atoms with Crippen molar-refractivity contribution in [1.82, 2.24) is 9.88 Å². The van der Waals surface area contributed by atoms with Crippen molar-refractivity contribution in [1.29, 1.82) is 0 Å². The van der Waals surface area contributed by atoms with Gasteiger partial charge in [-0.3, -0.25) is 4.79 Å². The van der Waals surface area contributed by atoms with Gasteiger partial charge in [0, 0.05) is 31.7 Å². The second-order valence-electron chi connectivity index (χ2n) is 7.28. The smallest absolute Gasteiger partial charge is 0.254 e. The van der Waals surface area contributed by atoms with Crippen molar-refractivity contribution in [3.8, 4) is 23.0 Å². The summed E-state index contributed by atoms with van der Waals surface area (Å²) in [5, 5.41) is 0.907. The molecule has 0 aliphatic carbocycles. The number of rotatable bonds is 4. The summed E-state index contributed by atoms with van der Waals surface area (Å²) < 4.78 is 23.1. The summed E-state index contributed by atoms with van der Waals surface area (Å²) in [7, 11) is 3.30. The van der Waals surface area contributed by atoms with Gasteiger partial charge in [-0.2, -0.15) is 0 Å². The molecule has 2 aliphatic rings. The van der Waals surface area contributed by atoms with E-state index in [2.05, 4.69) is 4.90 Å². The highest BCUT2D eigenvalue weighted by Gasteiger charge is 2.26. The van der Waals surface area contributed by atoms with Crippen LogP contribution in [0.25, 0.3) is 10.2 Å². The lowest BCUT2D eigenvalue weighted by molar-refractivity contribution is 0.0745. The standard InChI is InChI=1S/C22H23N3O5S/c1-27-16-5-6-17(28-2)20-19(16)23-22(31-20)25-9-7-24(8-10-25)21(26)14-3-4-15-18(13-14)30-12-11-29-15/h3-6,13H,7-12H2,1-2H3. The first-order valence-corrected chi connectivity index (χ1v) is 10.9. The maximum Gasteiger partial charge on any atom is 0.254 e. The molecule has 2 aliphatic heterocycles. The van der Waals surface area contributed by atoms with Crippen LogP contribution >= 0.6 is 11.3 Å². The fourth-order valence-corrected chi connectivity index (χ4v) is 5.00. The predicted octanol–water partition coefficient (Wildman–Crippen LogP) is 3.05. The number of hydrogen-bond donors (Lipinski definition) is 0.